The number of aromatic hydroxyl groups is 1. The van der Waals surface area contributed by atoms with E-state index >= 15 is 0 Å². The Kier molecular flexibility index (Phi) is 10.0. The van der Waals surface area contributed by atoms with Gasteiger partial charge in [-0.1, -0.05) is 37.7 Å². The largest absolute Gasteiger partial charge is 0.508 e. The molecule has 0 aliphatic heterocycles. The molecule has 0 spiro atoms. The molecule has 0 bridgehead atoms. The van der Waals surface area contributed by atoms with E-state index in [-0.39, 0.29) is 29.8 Å². The van der Waals surface area contributed by atoms with Gasteiger partial charge in [0, 0.05) is 13.3 Å². The minimum Gasteiger partial charge on any atom is -0.508 e. The van der Waals surface area contributed by atoms with E-state index in [4.69, 9.17) is 4.74 Å². The molecule has 9 heteroatoms. The number of benzene rings is 1. The molecule has 1 aromatic rings. The fourth-order valence-corrected chi connectivity index (χ4v) is 3.55. The van der Waals surface area contributed by atoms with E-state index < -0.39 is 34.6 Å². The molecular weight excluding hydrogens is 420 g/mol. The van der Waals surface area contributed by atoms with Crippen molar-refractivity contribution in [2.75, 3.05) is 6.61 Å². The SMILES string of the molecule is CCOC(=O)[C@H](Cc1ccc(O)cc1)NC(=O)C(C)(C)NC(=O)[C@@H](SC(C)=O)C(C)C. The Hall–Kier alpha value is -2.55. The van der Waals surface area contributed by atoms with E-state index in [1.807, 2.05) is 13.8 Å². The van der Waals surface area contributed by atoms with Crippen molar-refractivity contribution in [2.24, 2.45) is 5.92 Å². The van der Waals surface area contributed by atoms with Gasteiger partial charge in [-0.2, -0.15) is 0 Å². The Bertz CT molecular complexity index is 792. The van der Waals surface area contributed by atoms with Crippen LogP contribution in [0.3, 0.4) is 0 Å². The number of hydrogen-bond acceptors (Lipinski definition) is 7. The summed E-state index contributed by atoms with van der Waals surface area (Å²) in [4.78, 5) is 49.5. The monoisotopic (exact) mass is 452 g/mol. The second kappa shape index (κ2) is 11.7. The van der Waals surface area contributed by atoms with Crippen molar-refractivity contribution >= 4 is 34.7 Å². The molecule has 1 rings (SSSR count). The fourth-order valence-electron chi connectivity index (χ4n) is 2.75. The van der Waals surface area contributed by atoms with Crippen LogP contribution in [0.15, 0.2) is 24.3 Å². The van der Waals surface area contributed by atoms with Crippen molar-refractivity contribution in [1.29, 1.82) is 0 Å². The zero-order valence-electron chi connectivity index (χ0n) is 18.9. The molecule has 0 aromatic heterocycles. The molecule has 0 heterocycles. The number of hydrogen-bond donors (Lipinski definition) is 3. The van der Waals surface area contributed by atoms with Crippen LogP contribution in [0.2, 0.25) is 0 Å². The van der Waals surface area contributed by atoms with Gasteiger partial charge in [-0.25, -0.2) is 4.79 Å². The van der Waals surface area contributed by atoms with Crippen molar-refractivity contribution in [3.63, 3.8) is 0 Å². The van der Waals surface area contributed by atoms with Crippen LogP contribution in [-0.2, 0) is 30.3 Å². The van der Waals surface area contributed by atoms with Gasteiger partial charge in [0.25, 0.3) is 0 Å². The highest BCUT2D eigenvalue weighted by molar-refractivity contribution is 8.14. The van der Waals surface area contributed by atoms with Crippen LogP contribution >= 0.6 is 11.8 Å². The smallest absolute Gasteiger partial charge is 0.328 e. The lowest BCUT2D eigenvalue weighted by atomic mass is 10.00. The summed E-state index contributed by atoms with van der Waals surface area (Å²) >= 11 is 0.919. The number of thioether (sulfide) groups is 1. The van der Waals surface area contributed by atoms with E-state index in [2.05, 4.69) is 10.6 Å². The summed E-state index contributed by atoms with van der Waals surface area (Å²) in [7, 11) is 0. The Morgan fingerprint density at radius 3 is 2.19 bits per heavy atom. The summed E-state index contributed by atoms with van der Waals surface area (Å²) in [6, 6.07) is 5.30. The zero-order chi connectivity index (χ0) is 23.8. The van der Waals surface area contributed by atoms with Gasteiger partial charge in [0.15, 0.2) is 5.12 Å². The molecule has 1 aromatic carbocycles. The molecule has 31 heavy (non-hydrogen) atoms. The third-order valence-electron chi connectivity index (χ3n) is 4.41. The summed E-state index contributed by atoms with van der Waals surface area (Å²) in [5.41, 5.74) is -0.614. The van der Waals surface area contributed by atoms with Gasteiger partial charge >= 0.3 is 5.97 Å². The average Bonchev–Trinajstić information content (AvgIpc) is 2.66. The summed E-state index contributed by atoms with van der Waals surface area (Å²) in [5, 5.41) is 13.9. The fraction of sp³-hybridized carbons (Fsp3) is 0.545. The van der Waals surface area contributed by atoms with Crippen molar-refractivity contribution in [2.45, 2.75) is 64.8 Å². The first-order chi connectivity index (χ1) is 14.4. The third-order valence-corrected chi connectivity index (χ3v) is 5.76. The molecule has 0 unspecified atom stereocenters. The number of rotatable bonds is 10. The molecule has 0 saturated heterocycles. The van der Waals surface area contributed by atoms with Gasteiger partial charge in [0.1, 0.15) is 17.3 Å². The lowest BCUT2D eigenvalue weighted by molar-refractivity contribution is -0.148. The highest BCUT2D eigenvalue weighted by atomic mass is 32.2. The molecular formula is C22H32N2O6S. The number of amides is 2. The van der Waals surface area contributed by atoms with E-state index in [1.54, 1.807) is 19.1 Å². The minimum absolute atomic E-state index is 0.0902. The summed E-state index contributed by atoms with van der Waals surface area (Å²) in [6.45, 7) is 9.90. The maximum Gasteiger partial charge on any atom is 0.328 e. The molecule has 2 amide bonds. The molecule has 172 valence electrons. The molecule has 0 aliphatic carbocycles. The van der Waals surface area contributed by atoms with Crippen LogP contribution in [0, 0.1) is 5.92 Å². The highest BCUT2D eigenvalue weighted by Gasteiger charge is 2.36. The second-order valence-corrected chi connectivity index (χ2v) is 9.36. The van der Waals surface area contributed by atoms with Gasteiger partial charge < -0.3 is 20.5 Å². The van der Waals surface area contributed by atoms with Crippen LogP contribution < -0.4 is 10.6 Å². The van der Waals surface area contributed by atoms with Crippen LogP contribution in [0.5, 0.6) is 5.75 Å². The maximum absolute atomic E-state index is 12.9. The Balaban J connectivity index is 2.95. The van der Waals surface area contributed by atoms with E-state index in [1.165, 1.54) is 32.9 Å². The highest BCUT2D eigenvalue weighted by Crippen LogP contribution is 2.21. The number of carbonyl (C=O) groups excluding carboxylic acids is 4. The molecule has 0 fully saturated rings. The van der Waals surface area contributed by atoms with Crippen LogP contribution in [0.25, 0.3) is 0 Å². The molecule has 0 saturated carbocycles. The predicted molar refractivity (Wildman–Crippen MR) is 119 cm³/mol. The third kappa shape index (κ3) is 8.61. The predicted octanol–water partition coefficient (Wildman–Crippen LogP) is 2.18. The van der Waals surface area contributed by atoms with Gasteiger partial charge in [-0.05, 0) is 44.4 Å². The normalized spacial score (nSPS) is 13.3. The van der Waals surface area contributed by atoms with E-state index in [0.717, 1.165) is 17.3 Å². The van der Waals surface area contributed by atoms with Crippen LogP contribution in [0.4, 0.5) is 0 Å². The molecule has 2 atom stereocenters. The number of phenols is 1. The molecule has 0 aliphatic rings. The number of carbonyl (C=O) groups is 4. The van der Waals surface area contributed by atoms with Crippen molar-refractivity contribution in [3.05, 3.63) is 29.8 Å². The van der Waals surface area contributed by atoms with Gasteiger partial charge in [-0.3, -0.25) is 14.4 Å². The first kappa shape index (κ1) is 26.5. The molecule has 0 radical (unpaired) electrons. The van der Waals surface area contributed by atoms with Crippen LogP contribution in [0.1, 0.15) is 47.1 Å². The number of esters is 1. The number of nitrogens with one attached hydrogen (secondary N) is 2. The van der Waals surface area contributed by atoms with Gasteiger partial charge in [-0.15, -0.1) is 0 Å². The number of phenolic OH excluding ortho intramolecular Hbond substituents is 1. The zero-order valence-corrected chi connectivity index (χ0v) is 19.7. The number of ether oxygens (including phenoxy) is 1. The Labute approximate surface area is 187 Å². The van der Waals surface area contributed by atoms with Crippen LogP contribution in [-0.4, -0.2) is 51.4 Å². The first-order valence-corrected chi connectivity index (χ1v) is 11.0. The lowest BCUT2D eigenvalue weighted by Crippen LogP contribution is -2.59. The summed E-state index contributed by atoms with van der Waals surface area (Å²) < 4.78 is 5.08. The van der Waals surface area contributed by atoms with Crippen molar-refractivity contribution in [1.82, 2.24) is 10.6 Å². The van der Waals surface area contributed by atoms with E-state index in [9.17, 15) is 24.3 Å². The first-order valence-electron chi connectivity index (χ1n) is 10.1. The standard InChI is InChI=1S/C22H32N2O6S/c1-7-30-20(28)17(12-15-8-10-16(26)11-9-15)23-21(29)22(5,6)24-19(27)18(13(2)3)31-14(4)25/h8-11,13,17-18,26H,7,12H2,1-6H3,(H,23,29)(H,24,27)/t17-,18-/m0/s1. The lowest BCUT2D eigenvalue weighted by Gasteiger charge is -2.30. The minimum atomic E-state index is -1.33. The summed E-state index contributed by atoms with van der Waals surface area (Å²) in [5.74, 6) is -1.62. The summed E-state index contributed by atoms with van der Waals surface area (Å²) in [6.07, 6.45) is 0.156. The Morgan fingerprint density at radius 2 is 1.71 bits per heavy atom. The van der Waals surface area contributed by atoms with Gasteiger partial charge in [0.2, 0.25) is 11.8 Å². The molecule has 8 nitrogen and oxygen atoms in total. The molecule has 3 N–H and O–H groups in total. The van der Waals surface area contributed by atoms with Crippen molar-refractivity contribution in [3.8, 4) is 5.75 Å². The Morgan fingerprint density at radius 1 is 1.13 bits per heavy atom. The second-order valence-electron chi connectivity index (χ2n) is 8.04. The van der Waals surface area contributed by atoms with E-state index in [0.29, 0.717) is 0 Å². The van der Waals surface area contributed by atoms with Crippen molar-refractivity contribution < 1.29 is 29.0 Å². The average molecular weight is 453 g/mol. The quantitative estimate of drug-likeness (QED) is 0.465. The maximum atomic E-state index is 12.9. The topological polar surface area (TPSA) is 122 Å². The van der Waals surface area contributed by atoms with Gasteiger partial charge in [0.05, 0.1) is 11.9 Å².